The van der Waals surface area contributed by atoms with Crippen molar-refractivity contribution in [3.8, 4) is 28.7 Å². The Labute approximate surface area is 185 Å². The van der Waals surface area contributed by atoms with Gasteiger partial charge in [0.05, 0.1) is 18.9 Å². The summed E-state index contributed by atoms with van der Waals surface area (Å²) in [5.74, 6) is 5.95. The molecule has 11 heteroatoms. The number of anilines is 1. The third kappa shape index (κ3) is 4.70. The van der Waals surface area contributed by atoms with Crippen LogP contribution in [0.4, 0.5) is 18.3 Å². The average molecular weight is 459 g/mol. The van der Waals surface area contributed by atoms with Gasteiger partial charge in [0.1, 0.15) is 11.4 Å². The van der Waals surface area contributed by atoms with E-state index in [2.05, 4.69) is 37.3 Å². The molecule has 0 unspecified atom stereocenters. The Bertz CT molecular complexity index is 1210. The van der Waals surface area contributed by atoms with Crippen LogP contribution in [-0.2, 0) is 6.18 Å². The van der Waals surface area contributed by atoms with E-state index < -0.39 is 17.8 Å². The molecule has 1 amide bonds. The van der Waals surface area contributed by atoms with Gasteiger partial charge in [-0.05, 0) is 30.9 Å². The van der Waals surface area contributed by atoms with Gasteiger partial charge in [-0.3, -0.25) is 15.1 Å². The number of nitrogens with zero attached hydrogens (tertiary/aromatic N) is 4. The van der Waals surface area contributed by atoms with Crippen LogP contribution in [0.15, 0.2) is 30.7 Å². The Hall–Kier alpha value is -3.52. The number of ether oxygens (including phenoxy) is 1. The van der Waals surface area contributed by atoms with Crippen LogP contribution in [0.25, 0.3) is 11.1 Å². The summed E-state index contributed by atoms with van der Waals surface area (Å²) in [6.45, 7) is 0. The lowest BCUT2D eigenvalue weighted by molar-refractivity contribution is -0.141. The largest absolute Gasteiger partial charge is 0.494 e. The Morgan fingerprint density at radius 1 is 1.25 bits per heavy atom. The molecule has 4 rings (SSSR count). The lowest BCUT2D eigenvalue weighted by Gasteiger charge is -2.18. The molecule has 164 valence electrons. The van der Waals surface area contributed by atoms with Crippen LogP contribution in [0.1, 0.15) is 40.3 Å². The second-order valence-corrected chi connectivity index (χ2v) is 7.93. The van der Waals surface area contributed by atoms with Gasteiger partial charge in [0.15, 0.2) is 5.01 Å². The van der Waals surface area contributed by atoms with Crippen LogP contribution in [0, 0.1) is 17.8 Å². The monoisotopic (exact) mass is 459 g/mol. The van der Waals surface area contributed by atoms with Crippen molar-refractivity contribution in [2.45, 2.75) is 25.4 Å². The molecule has 0 spiro atoms. The number of carbonyl (C=O) groups excluding carboxylic acids is 1. The first-order valence-electron chi connectivity index (χ1n) is 9.57. The fraction of sp³-hybridized carbons (Fsp3) is 0.286. The highest BCUT2D eigenvalue weighted by Gasteiger charge is 2.33. The van der Waals surface area contributed by atoms with Crippen molar-refractivity contribution in [3.63, 3.8) is 0 Å². The van der Waals surface area contributed by atoms with E-state index in [0.29, 0.717) is 10.9 Å². The molecule has 0 atom stereocenters. The molecule has 0 bridgehead atoms. The Morgan fingerprint density at radius 3 is 2.75 bits per heavy atom. The van der Waals surface area contributed by atoms with Crippen molar-refractivity contribution in [2.75, 3.05) is 12.4 Å². The summed E-state index contributed by atoms with van der Waals surface area (Å²) in [6, 6.07) is 2.22. The summed E-state index contributed by atoms with van der Waals surface area (Å²) in [6.07, 6.45) is 2.30. The van der Waals surface area contributed by atoms with Crippen LogP contribution >= 0.6 is 11.3 Å². The zero-order chi connectivity index (χ0) is 22.7. The number of alkyl halides is 3. The predicted octanol–water partition coefficient (Wildman–Crippen LogP) is 4.43. The maximum Gasteiger partial charge on any atom is 0.433 e. The van der Waals surface area contributed by atoms with E-state index in [-0.39, 0.29) is 27.6 Å². The normalized spacial score (nSPS) is 13.6. The van der Waals surface area contributed by atoms with E-state index in [9.17, 15) is 18.0 Å². The van der Waals surface area contributed by atoms with Crippen LogP contribution in [0.3, 0.4) is 0 Å². The standard InChI is InChI=1S/C21H16F3N5O2S/c1-31-16-11-26-17(21(22,23)24)9-14(16)15-10-25-8-7-13(15)19(30)27-20-29-28-18(32-20)6-5-12-3-2-4-12/h7-12H,2-4H2,1H3,(H,27,29,30). The highest BCUT2D eigenvalue weighted by Crippen LogP contribution is 2.37. The van der Waals surface area contributed by atoms with Gasteiger partial charge < -0.3 is 4.74 Å². The van der Waals surface area contributed by atoms with E-state index in [1.807, 2.05) is 0 Å². The summed E-state index contributed by atoms with van der Waals surface area (Å²) in [5.41, 5.74) is -0.820. The molecule has 1 N–H and O–H groups in total. The van der Waals surface area contributed by atoms with E-state index >= 15 is 0 Å². The van der Waals surface area contributed by atoms with Crippen LogP contribution in [-0.4, -0.2) is 33.2 Å². The fourth-order valence-electron chi connectivity index (χ4n) is 2.98. The number of pyridine rings is 2. The number of hydrogen-bond donors (Lipinski definition) is 1. The summed E-state index contributed by atoms with van der Waals surface area (Å²) in [5, 5.41) is 11.2. The van der Waals surface area contributed by atoms with Crippen LogP contribution in [0.5, 0.6) is 5.75 Å². The summed E-state index contributed by atoms with van der Waals surface area (Å²) in [4.78, 5) is 20.3. The zero-order valence-corrected chi connectivity index (χ0v) is 17.5. The number of aromatic nitrogens is 4. The number of amides is 1. The minimum atomic E-state index is -4.66. The first kappa shape index (κ1) is 21.7. The third-order valence-corrected chi connectivity index (χ3v) is 5.62. The Morgan fingerprint density at radius 2 is 2.06 bits per heavy atom. The van der Waals surface area contributed by atoms with Crippen LogP contribution in [0.2, 0.25) is 0 Å². The zero-order valence-electron chi connectivity index (χ0n) is 16.7. The quantitative estimate of drug-likeness (QED) is 0.581. The highest BCUT2D eigenvalue weighted by atomic mass is 32.1. The van der Waals surface area contributed by atoms with Gasteiger partial charge in [-0.2, -0.15) is 13.2 Å². The Balaban J connectivity index is 1.62. The molecule has 1 aliphatic carbocycles. The molecule has 0 aliphatic heterocycles. The molecule has 0 radical (unpaired) electrons. The molecule has 0 saturated heterocycles. The van der Waals surface area contributed by atoms with Crippen molar-refractivity contribution < 1.29 is 22.7 Å². The average Bonchev–Trinajstić information content (AvgIpc) is 3.18. The molecular formula is C21H16F3N5O2S. The Kier molecular flexibility index (Phi) is 6.05. The van der Waals surface area contributed by atoms with E-state index in [1.165, 1.54) is 32.0 Å². The molecule has 32 heavy (non-hydrogen) atoms. The summed E-state index contributed by atoms with van der Waals surface area (Å²) < 4.78 is 44.7. The fourth-order valence-corrected chi connectivity index (χ4v) is 3.58. The number of hydrogen-bond acceptors (Lipinski definition) is 7. The second-order valence-electron chi connectivity index (χ2n) is 6.95. The molecule has 3 aromatic heterocycles. The van der Waals surface area contributed by atoms with E-state index in [0.717, 1.165) is 36.4 Å². The SMILES string of the molecule is COc1cnc(C(F)(F)F)cc1-c1cnccc1C(=O)Nc1nnc(C#CC2CCC2)s1. The molecule has 0 aromatic carbocycles. The summed E-state index contributed by atoms with van der Waals surface area (Å²) >= 11 is 1.12. The number of methoxy groups -OCH3 is 1. The number of nitrogens with one attached hydrogen (secondary N) is 1. The third-order valence-electron chi connectivity index (χ3n) is 4.87. The minimum Gasteiger partial charge on any atom is -0.494 e. The topological polar surface area (TPSA) is 89.9 Å². The van der Waals surface area contributed by atoms with Gasteiger partial charge in [-0.25, -0.2) is 4.98 Å². The highest BCUT2D eigenvalue weighted by molar-refractivity contribution is 7.15. The van der Waals surface area contributed by atoms with Gasteiger partial charge in [0.2, 0.25) is 5.13 Å². The molecule has 1 fully saturated rings. The van der Waals surface area contributed by atoms with Gasteiger partial charge in [0.25, 0.3) is 5.91 Å². The maximum absolute atomic E-state index is 13.2. The maximum atomic E-state index is 13.2. The van der Waals surface area contributed by atoms with Crippen molar-refractivity contribution >= 4 is 22.4 Å². The molecule has 7 nitrogen and oxygen atoms in total. The lowest BCUT2D eigenvalue weighted by atomic mass is 9.86. The smallest absolute Gasteiger partial charge is 0.433 e. The first-order valence-corrected chi connectivity index (χ1v) is 10.4. The predicted molar refractivity (Wildman–Crippen MR) is 111 cm³/mol. The number of halogens is 3. The number of rotatable bonds is 4. The van der Waals surface area contributed by atoms with Crippen molar-refractivity contribution in [2.24, 2.45) is 5.92 Å². The number of carbonyl (C=O) groups is 1. The van der Waals surface area contributed by atoms with Gasteiger partial charge >= 0.3 is 6.18 Å². The molecular weight excluding hydrogens is 443 g/mol. The molecule has 1 saturated carbocycles. The lowest BCUT2D eigenvalue weighted by Crippen LogP contribution is -2.14. The summed E-state index contributed by atoms with van der Waals surface area (Å²) in [7, 11) is 1.30. The first-order chi connectivity index (χ1) is 15.3. The van der Waals surface area contributed by atoms with E-state index in [1.54, 1.807) is 0 Å². The molecule has 3 aromatic rings. The van der Waals surface area contributed by atoms with Gasteiger partial charge in [-0.15, -0.1) is 10.2 Å². The minimum absolute atomic E-state index is 0.0393. The second kappa shape index (κ2) is 8.92. The van der Waals surface area contributed by atoms with E-state index in [4.69, 9.17) is 4.74 Å². The molecule has 3 heterocycles. The van der Waals surface area contributed by atoms with Crippen molar-refractivity contribution in [3.05, 3.63) is 47.0 Å². The van der Waals surface area contributed by atoms with Crippen molar-refractivity contribution in [1.29, 1.82) is 0 Å². The van der Waals surface area contributed by atoms with Crippen molar-refractivity contribution in [1.82, 2.24) is 20.2 Å². The van der Waals surface area contributed by atoms with Gasteiger partial charge in [-0.1, -0.05) is 23.7 Å². The van der Waals surface area contributed by atoms with Crippen LogP contribution < -0.4 is 10.1 Å². The van der Waals surface area contributed by atoms with Gasteiger partial charge in [0, 0.05) is 29.4 Å². The molecule has 1 aliphatic rings.